The number of carbonyl (C=O) groups excluding carboxylic acids is 2. The lowest BCUT2D eigenvalue weighted by molar-refractivity contribution is -0.118. The van der Waals surface area contributed by atoms with Crippen LogP contribution in [0.1, 0.15) is 27.5 Å². The van der Waals surface area contributed by atoms with Gasteiger partial charge in [0.1, 0.15) is 6.54 Å². The van der Waals surface area contributed by atoms with Crippen LogP contribution in [0.3, 0.4) is 0 Å². The number of benzene rings is 3. The number of para-hydroxylation sites is 1. The van der Waals surface area contributed by atoms with Crippen LogP contribution >= 0.6 is 0 Å². The molecule has 5 nitrogen and oxygen atoms in total. The average Bonchev–Trinajstić information content (AvgIpc) is 3.24. The van der Waals surface area contributed by atoms with Gasteiger partial charge >= 0.3 is 0 Å². The van der Waals surface area contributed by atoms with Crippen LogP contribution in [0.4, 0.5) is 0 Å². The molecular formula is C24H19N3O2. The van der Waals surface area contributed by atoms with Gasteiger partial charge < -0.3 is 15.6 Å². The normalized spacial score (nSPS) is 15.7. The van der Waals surface area contributed by atoms with Crippen molar-refractivity contribution in [3.63, 3.8) is 0 Å². The van der Waals surface area contributed by atoms with Crippen molar-refractivity contribution in [2.45, 2.75) is 6.04 Å². The summed E-state index contributed by atoms with van der Waals surface area (Å²) in [6, 6.07) is 25.2. The number of hydrogen-bond acceptors (Lipinski definition) is 2. The minimum atomic E-state index is -0.530. The predicted molar refractivity (Wildman–Crippen MR) is 112 cm³/mol. The Morgan fingerprint density at radius 3 is 2.41 bits per heavy atom. The Balaban J connectivity index is 1.82. The Morgan fingerprint density at radius 1 is 0.931 bits per heavy atom. The van der Waals surface area contributed by atoms with E-state index in [2.05, 4.69) is 4.98 Å². The second kappa shape index (κ2) is 6.63. The highest BCUT2D eigenvalue weighted by molar-refractivity contribution is 6.03. The summed E-state index contributed by atoms with van der Waals surface area (Å²) in [5, 5.41) is 1.02. The maximum absolute atomic E-state index is 13.1. The molecule has 5 rings (SSSR count). The monoisotopic (exact) mass is 381 g/mol. The van der Waals surface area contributed by atoms with E-state index in [1.54, 1.807) is 4.90 Å². The van der Waals surface area contributed by atoms with Gasteiger partial charge in [0, 0.05) is 22.0 Å². The molecule has 5 heteroatoms. The standard InChI is InChI=1S/C24H19N3O2/c25-20(28)14-27-23(16-10-4-5-11-17(16)24(27)29)21-18-12-6-7-13-19(18)26-22(21)15-8-2-1-3-9-15/h1-13,23,26H,14H2,(H2,25,28)/t23-/m0/s1. The molecule has 4 aromatic rings. The van der Waals surface area contributed by atoms with Crippen LogP contribution in [0.15, 0.2) is 78.9 Å². The third-order valence-corrected chi connectivity index (χ3v) is 5.47. The molecule has 2 heterocycles. The van der Waals surface area contributed by atoms with Crippen LogP contribution in [0.5, 0.6) is 0 Å². The number of nitrogens with two attached hydrogens (primary N) is 1. The van der Waals surface area contributed by atoms with E-state index >= 15 is 0 Å². The van der Waals surface area contributed by atoms with E-state index in [-0.39, 0.29) is 12.5 Å². The zero-order valence-corrected chi connectivity index (χ0v) is 15.6. The third-order valence-electron chi connectivity index (χ3n) is 5.47. The van der Waals surface area contributed by atoms with E-state index in [9.17, 15) is 9.59 Å². The van der Waals surface area contributed by atoms with Crippen molar-refractivity contribution in [1.29, 1.82) is 0 Å². The van der Waals surface area contributed by atoms with Crippen LogP contribution in [-0.2, 0) is 4.79 Å². The summed E-state index contributed by atoms with van der Waals surface area (Å²) in [5.41, 5.74) is 10.9. The molecule has 0 spiro atoms. The van der Waals surface area contributed by atoms with E-state index in [0.717, 1.165) is 33.3 Å². The van der Waals surface area contributed by atoms with E-state index in [0.29, 0.717) is 5.56 Å². The third kappa shape index (κ3) is 2.70. The smallest absolute Gasteiger partial charge is 0.255 e. The van der Waals surface area contributed by atoms with Crippen molar-refractivity contribution < 1.29 is 9.59 Å². The first-order chi connectivity index (χ1) is 14.1. The van der Waals surface area contributed by atoms with E-state index in [1.165, 1.54) is 0 Å². The summed E-state index contributed by atoms with van der Waals surface area (Å²) in [6.07, 6.45) is 0. The number of H-pyrrole nitrogens is 1. The molecule has 3 N–H and O–H groups in total. The first-order valence-electron chi connectivity index (χ1n) is 9.49. The number of primary amides is 1. The summed E-state index contributed by atoms with van der Waals surface area (Å²) in [4.78, 5) is 30.0. The number of fused-ring (bicyclic) bond motifs is 2. The minimum Gasteiger partial charge on any atom is -0.368 e. The van der Waals surface area contributed by atoms with Crippen LogP contribution in [0.2, 0.25) is 0 Å². The number of aromatic amines is 1. The molecule has 0 radical (unpaired) electrons. The number of rotatable bonds is 4. The van der Waals surface area contributed by atoms with Crippen LogP contribution in [0, 0.1) is 0 Å². The molecule has 29 heavy (non-hydrogen) atoms. The second-order valence-electron chi connectivity index (χ2n) is 7.21. The van der Waals surface area contributed by atoms with Gasteiger partial charge in [0.05, 0.1) is 11.7 Å². The highest BCUT2D eigenvalue weighted by atomic mass is 16.2. The number of carbonyl (C=O) groups is 2. The maximum Gasteiger partial charge on any atom is 0.255 e. The van der Waals surface area contributed by atoms with Gasteiger partial charge in [-0.05, 0) is 23.3 Å². The van der Waals surface area contributed by atoms with Crippen molar-refractivity contribution in [1.82, 2.24) is 9.88 Å². The van der Waals surface area contributed by atoms with Crippen LogP contribution in [-0.4, -0.2) is 28.2 Å². The zero-order valence-electron chi connectivity index (χ0n) is 15.6. The zero-order chi connectivity index (χ0) is 20.0. The Morgan fingerprint density at radius 2 is 1.62 bits per heavy atom. The first kappa shape index (κ1) is 17.3. The second-order valence-corrected chi connectivity index (χ2v) is 7.21. The first-order valence-corrected chi connectivity index (χ1v) is 9.49. The van der Waals surface area contributed by atoms with Gasteiger partial charge in [-0.25, -0.2) is 0 Å². The lowest BCUT2D eigenvalue weighted by Gasteiger charge is -2.25. The molecule has 2 amide bonds. The van der Waals surface area contributed by atoms with Crippen molar-refractivity contribution in [2.24, 2.45) is 5.73 Å². The number of hydrogen-bond donors (Lipinski definition) is 2. The molecule has 3 aromatic carbocycles. The Kier molecular flexibility index (Phi) is 3.95. The summed E-state index contributed by atoms with van der Waals surface area (Å²) < 4.78 is 0. The summed E-state index contributed by atoms with van der Waals surface area (Å²) in [6.45, 7) is -0.133. The van der Waals surface area contributed by atoms with Gasteiger partial charge in [0.2, 0.25) is 5.91 Å². The molecule has 0 saturated heterocycles. The van der Waals surface area contributed by atoms with Gasteiger partial charge in [0.15, 0.2) is 0 Å². The molecule has 1 aliphatic heterocycles. The highest BCUT2D eigenvalue weighted by Gasteiger charge is 2.40. The lowest BCUT2D eigenvalue weighted by atomic mass is 9.93. The van der Waals surface area contributed by atoms with Gasteiger partial charge in [0.25, 0.3) is 5.91 Å². The summed E-state index contributed by atoms with van der Waals surface area (Å²) >= 11 is 0. The van der Waals surface area contributed by atoms with E-state index < -0.39 is 11.9 Å². The summed E-state index contributed by atoms with van der Waals surface area (Å²) in [5.74, 6) is -0.703. The molecular weight excluding hydrogens is 362 g/mol. The number of nitrogens with zero attached hydrogens (tertiary/aromatic N) is 1. The molecule has 1 aliphatic rings. The van der Waals surface area contributed by atoms with Crippen molar-refractivity contribution >= 4 is 22.7 Å². The van der Waals surface area contributed by atoms with Crippen molar-refractivity contribution in [3.05, 3.63) is 95.6 Å². The van der Waals surface area contributed by atoms with Crippen LogP contribution in [0.25, 0.3) is 22.2 Å². The number of aromatic nitrogens is 1. The molecule has 1 atom stereocenters. The molecule has 0 saturated carbocycles. The Hall–Kier alpha value is -3.86. The average molecular weight is 381 g/mol. The molecule has 0 aliphatic carbocycles. The lowest BCUT2D eigenvalue weighted by Crippen LogP contribution is -2.37. The number of amides is 2. The largest absolute Gasteiger partial charge is 0.368 e. The van der Waals surface area contributed by atoms with Gasteiger partial charge in [-0.2, -0.15) is 0 Å². The molecule has 142 valence electrons. The van der Waals surface area contributed by atoms with Crippen LogP contribution < -0.4 is 5.73 Å². The van der Waals surface area contributed by atoms with Crippen molar-refractivity contribution in [2.75, 3.05) is 6.54 Å². The van der Waals surface area contributed by atoms with Gasteiger partial charge in [-0.3, -0.25) is 9.59 Å². The maximum atomic E-state index is 13.1. The molecule has 0 fully saturated rings. The molecule has 0 bridgehead atoms. The topological polar surface area (TPSA) is 79.2 Å². The number of nitrogens with one attached hydrogen (secondary N) is 1. The van der Waals surface area contributed by atoms with E-state index in [1.807, 2.05) is 78.9 Å². The fourth-order valence-corrected chi connectivity index (χ4v) is 4.29. The minimum absolute atomic E-state index is 0.133. The Labute approximate surface area is 167 Å². The quantitative estimate of drug-likeness (QED) is 0.563. The molecule has 0 unspecified atom stereocenters. The van der Waals surface area contributed by atoms with E-state index in [4.69, 9.17) is 5.73 Å². The summed E-state index contributed by atoms with van der Waals surface area (Å²) in [7, 11) is 0. The fraction of sp³-hybridized carbons (Fsp3) is 0.0833. The highest BCUT2D eigenvalue weighted by Crippen LogP contribution is 2.45. The fourth-order valence-electron chi connectivity index (χ4n) is 4.29. The molecule has 1 aromatic heterocycles. The van der Waals surface area contributed by atoms with Gasteiger partial charge in [-0.1, -0.05) is 66.7 Å². The predicted octanol–water partition coefficient (Wildman–Crippen LogP) is 3.87. The van der Waals surface area contributed by atoms with Crippen molar-refractivity contribution in [3.8, 4) is 11.3 Å². The van der Waals surface area contributed by atoms with Gasteiger partial charge in [-0.15, -0.1) is 0 Å². The Bertz CT molecular complexity index is 1240. The SMILES string of the molecule is NC(=O)CN1C(=O)c2ccccc2[C@H]1c1c(-c2ccccc2)[nH]c2ccccc12.